The standard InChI is InChI=1S/C28H22.C12H10/c1-3-11-23(12-4-1)19-21-25-15-7-9-17-27(25)28-18-10-8-16-26(28)22-20-24-13-5-2-6-14-24;1-3-7-11(8-4-1)12-9-5-2-6-10-12/h1-22H;1-10H/b21-19+,22-20+;. The molecular weight excluding hydrogens is 480 g/mol. The highest BCUT2D eigenvalue weighted by atomic mass is 14.1. The van der Waals surface area contributed by atoms with Gasteiger partial charge in [0.05, 0.1) is 0 Å². The Morgan fingerprint density at radius 1 is 0.250 bits per heavy atom. The average molecular weight is 513 g/mol. The van der Waals surface area contributed by atoms with Crippen molar-refractivity contribution in [2.45, 2.75) is 0 Å². The second-order valence-electron chi connectivity index (χ2n) is 9.39. The van der Waals surface area contributed by atoms with Gasteiger partial charge < -0.3 is 0 Å². The Morgan fingerprint density at radius 2 is 0.550 bits per heavy atom. The van der Waals surface area contributed by atoms with Crippen LogP contribution in [0.4, 0.5) is 0 Å². The maximum atomic E-state index is 2.20. The summed E-state index contributed by atoms with van der Waals surface area (Å²) in [7, 11) is 0. The minimum atomic E-state index is 1.20. The monoisotopic (exact) mass is 512 g/mol. The zero-order chi connectivity index (χ0) is 27.2. The normalized spacial score (nSPS) is 10.8. The maximum Gasteiger partial charge on any atom is -0.0105 e. The van der Waals surface area contributed by atoms with Gasteiger partial charge in [-0.1, -0.05) is 194 Å². The summed E-state index contributed by atoms with van der Waals surface area (Å²) < 4.78 is 0. The lowest BCUT2D eigenvalue weighted by molar-refractivity contribution is 1.57. The van der Waals surface area contributed by atoms with Gasteiger partial charge in [-0.2, -0.15) is 0 Å². The largest absolute Gasteiger partial charge is 0.0622 e. The Balaban J connectivity index is 0.000000223. The van der Waals surface area contributed by atoms with Crippen LogP contribution in [0.1, 0.15) is 22.3 Å². The van der Waals surface area contributed by atoms with Gasteiger partial charge in [0.25, 0.3) is 0 Å². The molecule has 0 heteroatoms. The lowest BCUT2D eigenvalue weighted by atomic mass is 9.94. The summed E-state index contributed by atoms with van der Waals surface area (Å²) in [5.74, 6) is 0. The van der Waals surface area contributed by atoms with Crippen molar-refractivity contribution in [3.05, 3.63) is 192 Å². The molecule has 0 aliphatic heterocycles. The van der Waals surface area contributed by atoms with Crippen LogP contribution in [-0.4, -0.2) is 0 Å². The summed E-state index contributed by atoms with van der Waals surface area (Å²) in [6.45, 7) is 0. The van der Waals surface area contributed by atoms with E-state index in [0.29, 0.717) is 0 Å². The van der Waals surface area contributed by atoms with Crippen LogP contribution < -0.4 is 0 Å². The van der Waals surface area contributed by atoms with Crippen LogP contribution in [-0.2, 0) is 0 Å². The Labute approximate surface area is 238 Å². The molecule has 0 aromatic heterocycles. The van der Waals surface area contributed by atoms with E-state index in [9.17, 15) is 0 Å². The Kier molecular flexibility index (Phi) is 9.30. The van der Waals surface area contributed by atoms with Crippen LogP contribution in [0.15, 0.2) is 170 Å². The number of rotatable bonds is 6. The molecule has 0 spiro atoms. The molecular formula is C40H32. The van der Waals surface area contributed by atoms with E-state index in [-0.39, 0.29) is 0 Å². The maximum absolute atomic E-state index is 2.20. The highest BCUT2D eigenvalue weighted by molar-refractivity contribution is 5.87. The van der Waals surface area contributed by atoms with E-state index in [4.69, 9.17) is 0 Å². The topological polar surface area (TPSA) is 0 Å². The highest BCUT2D eigenvalue weighted by Gasteiger charge is 2.06. The van der Waals surface area contributed by atoms with E-state index in [2.05, 4.69) is 170 Å². The first-order valence-electron chi connectivity index (χ1n) is 13.6. The van der Waals surface area contributed by atoms with Gasteiger partial charge in [0.15, 0.2) is 0 Å². The molecule has 40 heavy (non-hydrogen) atoms. The first kappa shape index (κ1) is 26.4. The smallest absolute Gasteiger partial charge is 0.0105 e. The van der Waals surface area contributed by atoms with E-state index in [0.717, 1.165) is 0 Å². The van der Waals surface area contributed by atoms with Crippen LogP contribution in [0, 0.1) is 0 Å². The van der Waals surface area contributed by atoms with Gasteiger partial charge in [0.2, 0.25) is 0 Å². The minimum absolute atomic E-state index is 1.20. The summed E-state index contributed by atoms with van der Waals surface area (Å²) in [6, 6.07) is 58.7. The molecule has 0 nitrogen and oxygen atoms in total. The average Bonchev–Trinajstić information content (AvgIpc) is 3.05. The molecule has 0 aliphatic carbocycles. The van der Waals surface area contributed by atoms with E-state index < -0.39 is 0 Å². The van der Waals surface area contributed by atoms with Gasteiger partial charge in [-0.25, -0.2) is 0 Å². The van der Waals surface area contributed by atoms with E-state index >= 15 is 0 Å². The fraction of sp³-hybridized carbons (Fsp3) is 0. The molecule has 0 saturated heterocycles. The number of hydrogen-bond acceptors (Lipinski definition) is 0. The van der Waals surface area contributed by atoms with E-state index in [1.54, 1.807) is 0 Å². The second kappa shape index (κ2) is 14.1. The summed E-state index contributed by atoms with van der Waals surface area (Å²) in [6.07, 6.45) is 8.73. The quantitative estimate of drug-likeness (QED) is 0.195. The Morgan fingerprint density at radius 3 is 0.925 bits per heavy atom. The van der Waals surface area contributed by atoms with Crippen LogP contribution in [0.5, 0.6) is 0 Å². The lowest BCUT2D eigenvalue weighted by Gasteiger charge is -2.10. The molecule has 0 atom stereocenters. The van der Waals surface area contributed by atoms with Crippen LogP contribution in [0.25, 0.3) is 46.6 Å². The molecule has 0 amide bonds. The molecule has 0 aliphatic rings. The van der Waals surface area contributed by atoms with Crippen molar-refractivity contribution in [2.75, 3.05) is 0 Å². The Hall–Kier alpha value is -5.20. The zero-order valence-electron chi connectivity index (χ0n) is 22.5. The molecule has 0 radical (unpaired) electrons. The van der Waals surface area contributed by atoms with Gasteiger partial charge >= 0.3 is 0 Å². The first-order chi connectivity index (χ1) is 19.9. The van der Waals surface area contributed by atoms with E-state index in [1.807, 2.05) is 24.3 Å². The van der Waals surface area contributed by atoms with Crippen molar-refractivity contribution >= 4 is 24.3 Å². The molecule has 0 N–H and O–H groups in total. The molecule has 0 bridgehead atoms. The number of hydrogen-bond donors (Lipinski definition) is 0. The third-order valence-corrected chi connectivity index (χ3v) is 6.60. The predicted molar refractivity (Wildman–Crippen MR) is 174 cm³/mol. The highest BCUT2D eigenvalue weighted by Crippen LogP contribution is 2.29. The van der Waals surface area contributed by atoms with Crippen molar-refractivity contribution in [3.8, 4) is 22.3 Å². The van der Waals surface area contributed by atoms with Crippen molar-refractivity contribution in [2.24, 2.45) is 0 Å². The molecule has 6 aromatic carbocycles. The molecule has 0 fully saturated rings. The van der Waals surface area contributed by atoms with E-state index in [1.165, 1.54) is 44.5 Å². The summed E-state index contributed by atoms with van der Waals surface area (Å²) in [5, 5.41) is 0. The van der Waals surface area contributed by atoms with Gasteiger partial charge in [-0.05, 0) is 44.5 Å². The van der Waals surface area contributed by atoms with Crippen LogP contribution in [0.2, 0.25) is 0 Å². The molecule has 0 heterocycles. The van der Waals surface area contributed by atoms with Crippen molar-refractivity contribution in [3.63, 3.8) is 0 Å². The van der Waals surface area contributed by atoms with Gasteiger partial charge in [0.1, 0.15) is 0 Å². The van der Waals surface area contributed by atoms with Crippen molar-refractivity contribution in [1.82, 2.24) is 0 Å². The fourth-order valence-electron chi connectivity index (χ4n) is 4.54. The predicted octanol–water partition coefficient (Wildman–Crippen LogP) is 11.0. The lowest BCUT2D eigenvalue weighted by Crippen LogP contribution is -1.87. The molecule has 0 unspecified atom stereocenters. The van der Waals surface area contributed by atoms with Crippen LogP contribution >= 0.6 is 0 Å². The summed E-state index contributed by atoms with van der Waals surface area (Å²) in [5.41, 5.74) is 9.87. The SMILES string of the molecule is C(=C\c1ccccc1-c1ccccc1/C=C/c1ccccc1)/c1ccccc1.c1ccc(-c2ccccc2)cc1. The van der Waals surface area contributed by atoms with Crippen molar-refractivity contribution < 1.29 is 0 Å². The molecule has 6 rings (SSSR count). The number of benzene rings is 6. The van der Waals surface area contributed by atoms with Gasteiger partial charge in [0, 0.05) is 0 Å². The minimum Gasteiger partial charge on any atom is -0.0622 e. The molecule has 6 aromatic rings. The summed E-state index contributed by atoms with van der Waals surface area (Å²) >= 11 is 0. The first-order valence-corrected chi connectivity index (χ1v) is 13.6. The van der Waals surface area contributed by atoms with Crippen molar-refractivity contribution in [1.29, 1.82) is 0 Å². The van der Waals surface area contributed by atoms with Gasteiger partial charge in [-0.15, -0.1) is 0 Å². The van der Waals surface area contributed by atoms with Gasteiger partial charge in [-0.3, -0.25) is 0 Å². The molecule has 0 saturated carbocycles. The van der Waals surface area contributed by atoms with Crippen LogP contribution in [0.3, 0.4) is 0 Å². The molecule has 192 valence electrons. The third kappa shape index (κ3) is 7.43. The summed E-state index contributed by atoms with van der Waals surface area (Å²) in [4.78, 5) is 0. The zero-order valence-corrected chi connectivity index (χ0v) is 22.5. The Bertz CT molecular complexity index is 1520. The third-order valence-electron chi connectivity index (χ3n) is 6.60. The second-order valence-corrected chi connectivity index (χ2v) is 9.39. The fourth-order valence-corrected chi connectivity index (χ4v) is 4.54.